The molecule has 0 saturated carbocycles. The Bertz CT molecular complexity index is 350. The van der Waals surface area contributed by atoms with Crippen LogP contribution in [-0.2, 0) is 0 Å². The third-order valence-corrected chi connectivity index (χ3v) is 3.11. The van der Waals surface area contributed by atoms with Gasteiger partial charge in [-0.1, -0.05) is 6.92 Å². The zero-order valence-corrected chi connectivity index (χ0v) is 9.63. The summed E-state index contributed by atoms with van der Waals surface area (Å²) in [6.45, 7) is 2.06. The molecule has 1 rings (SSSR count). The van der Waals surface area contributed by atoms with Gasteiger partial charge in [-0.2, -0.15) is 0 Å². The molecule has 0 bridgehead atoms. The molecule has 0 atom stereocenters. The van der Waals surface area contributed by atoms with Crippen LogP contribution in [-0.4, -0.2) is 24.3 Å². The first-order valence-corrected chi connectivity index (χ1v) is 5.70. The number of carbonyl (C=O) groups is 1. The van der Waals surface area contributed by atoms with E-state index in [4.69, 9.17) is 4.74 Å². The Labute approximate surface area is 93.4 Å². The van der Waals surface area contributed by atoms with Crippen molar-refractivity contribution < 1.29 is 14.6 Å². The van der Waals surface area contributed by atoms with Gasteiger partial charge in [0.1, 0.15) is 6.29 Å². The van der Waals surface area contributed by atoms with Gasteiger partial charge in [0, 0.05) is 5.56 Å². The minimum absolute atomic E-state index is 0.113. The van der Waals surface area contributed by atoms with Crippen LogP contribution in [0.1, 0.15) is 23.7 Å². The van der Waals surface area contributed by atoms with Gasteiger partial charge in [0.15, 0.2) is 11.5 Å². The minimum Gasteiger partial charge on any atom is -0.503 e. The molecule has 0 aliphatic rings. The lowest BCUT2D eigenvalue weighted by Crippen LogP contribution is -1.90. The van der Waals surface area contributed by atoms with E-state index in [1.54, 1.807) is 6.07 Å². The number of aldehydes is 1. The highest BCUT2D eigenvalue weighted by Crippen LogP contribution is 2.37. The normalized spacial score (nSPS) is 10.0. The van der Waals surface area contributed by atoms with E-state index in [2.05, 4.69) is 6.92 Å². The maximum absolute atomic E-state index is 10.7. The number of aromatic hydroxyl groups is 1. The van der Waals surface area contributed by atoms with Crippen LogP contribution in [0.4, 0.5) is 0 Å². The second-order valence-electron chi connectivity index (χ2n) is 3.04. The van der Waals surface area contributed by atoms with Crippen molar-refractivity contribution in [3.8, 4) is 11.5 Å². The van der Waals surface area contributed by atoms with Crippen LogP contribution in [0.25, 0.3) is 0 Å². The molecule has 0 amide bonds. The predicted octanol–water partition coefficient (Wildman–Crippen LogP) is 2.72. The lowest BCUT2D eigenvalue weighted by Gasteiger charge is -2.09. The van der Waals surface area contributed by atoms with Gasteiger partial charge < -0.3 is 9.84 Å². The molecule has 1 N–H and O–H groups in total. The number of thioether (sulfide) groups is 1. The first-order chi connectivity index (χ1) is 7.22. The van der Waals surface area contributed by atoms with Gasteiger partial charge in [-0.25, -0.2) is 0 Å². The maximum Gasteiger partial charge on any atom is 0.171 e. The van der Waals surface area contributed by atoms with Crippen LogP contribution in [0.2, 0.25) is 0 Å². The predicted molar refractivity (Wildman–Crippen MR) is 61.1 cm³/mol. The first-order valence-electron chi connectivity index (χ1n) is 4.71. The van der Waals surface area contributed by atoms with Gasteiger partial charge in [-0.05, 0) is 24.3 Å². The number of hydrogen-bond donors (Lipinski definition) is 1. The molecule has 82 valence electrons. The van der Waals surface area contributed by atoms with Crippen LogP contribution in [0.15, 0.2) is 17.0 Å². The molecule has 0 radical (unpaired) electrons. The second kappa shape index (κ2) is 5.66. The average Bonchev–Trinajstić information content (AvgIpc) is 2.27. The van der Waals surface area contributed by atoms with Crippen molar-refractivity contribution in [1.29, 1.82) is 0 Å². The molecule has 0 spiro atoms. The van der Waals surface area contributed by atoms with Gasteiger partial charge in [0.05, 0.1) is 12.0 Å². The third-order valence-electron chi connectivity index (χ3n) is 1.88. The maximum atomic E-state index is 10.7. The number of ether oxygens (including phenoxy) is 1. The molecule has 0 unspecified atom stereocenters. The Hall–Kier alpha value is -1.16. The van der Waals surface area contributed by atoms with E-state index >= 15 is 0 Å². The Balaban J connectivity index is 3.06. The fraction of sp³-hybridized carbons (Fsp3) is 0.364. The van der Waals surface area contributed by atoms with Gasteiger partial charge in [-0.3, -0.25) is 4.79 Å². The highest BCUT2D eigenvalue weighted by Gasteiger charge is 2.10. The van der Waals surface area contributed by atoms with E-state index in [9.17, 15) is 9.90 Å². The minimum atomic E-state index is 0.113. The molecule has 0 heterocycles. The van der Waals surface area contributed by atoms with Crippen LogP contribution in [0.3, 0.4) is 0 Å². The summed E-state index contributed by atoms with van der Waals surface area (Å²) in [7, 11) is 1.47. The van der Waals surface area contributed by atoms with Crippen LogP contribution < -0.4 is 4.74 Å². The molecular formula is C11H14O3S. The van der Waals surface area contributed by atoms with Crippen LogP contribution in [0.5, 0.6) is 11.5 Å². The van der Waals surface area contributed by atoms with Gasteiger partial charge >= 0.3 is 0 Å². The van der Waals surface area contributed by atoms with E-state index in [1.165, 1.54) is 24.9 Å². The smallest absolute Gasteiger partial charge is 0.171 e. The van der Waals surface area contributed by atoms with E-state index < -0.39 is 0 Å². The van der Waals surface area contributed by atoms with Gasteiger partial charge in [0.25, 0.3) is 0 Å². The van der Waals surface area contributed by atoms with Crippen molar-refractivity contribution in [2.24, 2.45) is 0 Å². The van der Waals surface area contributed by atoms with Crippen molar-refractivity contribution in [2.45, 2.75) is 18.2 Å². The fourth-order valence-corrected chi connectivity index (χ4v) is 2.03. The molecule has 1 aromatic rings. The number of benzene rings is 1. The Morgan fingerprint density at radius 2 is 2.27 bits per heavy atom. The molecule has 0 saturated heterocycles. The number of carbonyl (C=O) groups excluding carboxylic acids is 1. The standard InChI is InChI=1S/C11H14O3S/c1-3-4-15-10-6-8(7-12)5-9(14-2)11(10)13/h5-7,13H,3-4H2,1-2H3. The molecule has 0 fully saturated rings. The summed E-state index contributed by atoms with van der Waals surface area (Å²) in [6.07, 6.45) is 1.76. The molecule has 0 aliphatic heterocycles. The van der Waals surface area contributed by atoms with Crippen molar-refractivity contribution in [1.82, 2.24) is 0 Å². The summed E-state index contributed by atoms with van der Waals surface area (Å²) in [6, 6.07) is 3.20. The van der Waals surface area contributed by atoms with E-state index in [0.717, 1.165) is 18.5 Å². The van der Waals surface area contributed by atoms with E-state index in [-0.39, 0.29) is 5.75 Å². The lowest BCUT2D eigenvalue weighted by molar-refractivity contribution is 0.112. The largest absolute Gasteiger partial charge is 0.503 e. The molecule has 15 heavy (non-hydrogen) atoms. The van der Waals surface area contributed by atoms with Crippen molar-refractivity contribution in [3.05, 3.63) is 17.7 Å². The summed E-state index contributed by atoms with van der Waals surface area (Å²) in [5.41, 5.74) is 0.517. The van der Waals surface area contributed by atoms with Crippen LogP contribution in [0, 0.1) is 0 Å². The molecular weight excluding hydrogens is 212 g/mol. The number of phenols is 1. The average molecular weight is 226 g/mol. The number of methoxy groups -OCH3 is 1. The lowest BCUT2D eigenvalue weighted by atomic mass is 10.2. The molecule has 0 aromatic heterocycles. The summed E-state index contributed by atoms with van der Waals surface area (Å²) < 4.78 is 4.99. The Kier molecular flexibility index (Phi) is 4.49. The fourth-order valence-electron chi connectivity index (χ4n) is 1.15. The highest BCUT2D eigenvalue weighted by atomic mass is 32.2. The van der Waals surface area contributed by atoms with Crippen LogP contribution >= 0.6 is 11.8 Å². The third kappa shape index (κ3) is 2.89. The summed E-state index contributed by atoms with van der Waals surface area (Å²) in [4.78, 5) is 11.4. The topological polar surface area (TPSA) is 46.5 Å². The second-order valence-corrected chi connectivity index (χ2v) is 4.17. The van der Waals surface area contributed by atoms with Gasteiger partial charge in [0.2, 0.25) is 0 Å². The number of phenolic OH excluding ortho intramolecular Hbond substituents is 1. The summed E-state index contributed by atoms with van der Waals surface area (Å²) >= 11 is 1.52. The van der Waals surface area contributed by atoms with Gasteiger partial charge in [-0.15, -0.1) is 11.8 Å². The first kappa shape index (κ1) is 11.9. The molecule has 1 aromatic carbocycles. The molecule has 0 aliphatic carbocycles. The quantitative estimate of drug-likeness (QED) is 0.619. The Morgan fingerprint density at radius 3 is 2.80 bits per heavy atom. The van der Waals surface area contributed by atoms with Crippen molar-refractivity contribution in [2.75, 3.05) is 12.9 Å². The number of rotatable bonds is 5. The Morgan fingerprint density at radius 1 is 1.53 bits per heavy atom. The number of hydrogen-bond acceptors (Lipinski definition) is 4. The zero-order chi connectivity index (χ0) is 11.3. The van der Waals surface area contributed by atoms with Crippen molar-refractivity contribution >= 4 is 18.0 Å². The molecule has 4 heteroatoms. The monoisotopic (exact) mass is 226 g/mol. The molecule has 3 nitrogen and oxygen atoms in total. The SMILES string of the molecule is CCCSc1cc(C=O)cc(OC)c1O. The summed E-state index contributed by atoms with van der Waals surface area (Å²) in [5, 5.41) is 9.77. The summed E-state index contributed by atoms with van der Waals surface area (Å²) in [5.74, 6) is 1.36. The van der Waals surface area contributed by atoms with Crippen molar-refractivity contribution in [3.63, 3.8) is 0 Å². The van der Waals surface area contributed by atoms with E-state index in [1.807, 2.05) is 0 Å². The van der Waals surface area contributed by atoms with E-state index in [0.29, 0.717) is 16.2 Å². The zero-order valence-electron chi connectivity index (χ0n) is 8.82. The highest BCUT2D eigenvalue weighted by molar-refractivity contribution is 7.99.